The Morgan fingerprint density at radius 2 is 1.36 bits per heavy atom. The summed E-state index contributed by atoms with van der Waals surface area (Å²) in [7, 11) is 0. The second kappa shape index (κ2) is 9.62. The molecule has 1 aliphatic carbocycles. The predicted octanol–water partition coefficient (Wildman–Crippen LogP) is 6.66. The van der Waals surface area contributed by atoms with Crippen molar-refractivity contribution in [1.29, 1.82) is 0 Å². The Labute approximate surface area is 210 Å². The topological polar surface area (TPSA) is 75.3 Å². The average Bonchev–Trinajstić information content (AvgIpc) is 2.89. The van der Waals surface area contributed by atoms with E-state index in [1.165, 1.54) is 5.56 Å². The molecule has 2 N–H and O–H groups in total. The minimum Gasteiger partial charge on any atom is -0.354 e. The van der Waals surface area contributed by atoms with E-state index in [1.54, 1.807) is 60.7 Å². The average molecular weight is 475 g/mol. The van der Waals surface area contributed by atoms with Crippen LogP contribution in [-0.2, 0) is 6.42 Å². The molecule has 0 radical (unpaired) electrons. The van der Waals surface area contributed by atoms with Gasteiger partial charge < -0.3 is 10.6 Å². The summed E-state index contributed by atoms with van der Waals surface area (Å²) in [5, 5.41) is 6.26. The van der Waals surface area contributed by atoms with Gasteiger partial charge in [-0.15, -0.1) is 0 Å². The number of carbonyl (C=O) groups is 3. The first-order valence-electron chi connectivity index (χ1n) is 12.0. The zero-order chi connectivity index (χ0) is 25.2. The van der Waals surface area contributed by atoms with Gasteiger partial charge in [-0.1, -0.05) is 68.4 Å². The number of ketones is 2. The molecule has 0 bridgehead atoms. The molecule has 4 aromatic rings. The van der Waals surface area contributed by atoms with Gasteiger partial charge in [-0.25, -0.2) is 0 Å². The molecule has 0 fully saturated rings. The molecule has 1 amide bonds. The lowest BCUT2D eigenvalue weighted by atomic mass is 9.82. The highest BCUT2D eigenvalue weighted by atomic mass is 16.2. The first kappa shape index (κ1) is 23.2. The zero-order valence-corrected chi connectivity index (χ0v) is 20.2. The van der Waals surface area contributed by atoms with Crippen molar-refractivity contribution in [3.8, 4) is 0 Å². The fourth-order valence-corrected chi connectivity index (χ4v) is 4.55. The van der Waals surface area contributed by atoms with Crippen LogP contribution < -0.4 is 10.6 Å². The summed E-state index contributed by atoms with van der Waals surface area (Å²) >= 11 is 0. The number of benzene rings is 4. The van der Waals surface area contributed by atoms with Gasteiger partial charge in [0.25, 0.3) is 5.91 Å². The molecule has 0 saturated carbocycles. The van der Waals surface area contributed by atoms with Gasteiger partial charge in [0, 0.05) is 27.9 Å². The summed E-state index contributed by atoms with van der Waals surface area (Å²) in [6, 6.07) is 27.0. The fraction of sp³-hybridized carbons (Fsp3) is 0.129. The standard InChI is InChI=1S/C31H26N2O3/c1-19(2)18-20-12-14-22(15-13-20)32-26-17-16-25-27(28(26)33-31(36)21-8-4-3-5-9-21)30(35)24-11-7-6-10-23(24)29(25)34/h3-17,19,32H,18H2,1-2H3,(H,33,36). The van der Waals surface area contributed by atoms with Gasteiger partial charge in [0.15, 0.2) is 11.6 Å². The summed E-state index contributed by atoms with van der Waals surface area (Å²) in [6.07, 6.45) is 0.980. The number of anilines is 3. The Morgan fingerprint density at radius 1 is 0.722 bits per heavy atom. The van der Waals surface area contributed by atoms with E-state index in [0.29, 0.717) is 34.0 Å². The number of nitrogens with one attached hydrogen (secondary N) is 2. The smallest absolute Gasteiger partial charge is 0.255 e. The summed E-state index contributed by atoms with van der Waals surface area (Å²) in [4.78, 5) is 40.0. The van der Waals surface area contributed by atoms with Crippen LogP contribution in [0.15, 0.2) is 91.0 Å². The van der Waals surface area contributed by atoms with Gasteiger partial charge in [-0.3, -0.25) is 14.4 Å². The number of hydrogen-bond donors (Lipinski definition) is 2. The second-order valence-electron chi connectivity index (χ2n) is 9.35. The van der Waals surface area contributed by atoms with Crippen molar-refractivity contribution in [3.63, 3.8) is 0 Å². The van der Waals surface area contributed by atoms with E-state index < -0.39 is 0 Å². The van der Waals surface area contributed by atoms with Crippen LogP contribution in [0.5, 0.6) is 0 Å². The van der Waals surface area contributed by atoms with Gasteiger partial charge in [-0.2, -0.15) is 0 Å². The van der Waals surface area contributed by atoms with Crippen LogP contribution in [0.4, 0.5) is 17.1 Å². The van der Waals surface area contributed by atoms with Crippen molar-refractivity contribution in [1.82, 2.24) is 0 Å². The van der Waals surface area contributed by atoms with Gasteiger partial charge in [0.2, 0.25) is 0 Å². The maximum Gasteiger partial charge on any atom is 0.255 e. The summed E-state index contributed by atoms with van der Waals surface area (Å²) < 4.78 is 0. The van der Waals surface area contributed by atoms with Crippen LogP contribution in [0.2, 0.25) is 0 Å². The van der Waals surface area contributed by atoms with Gasteiger partial charge in [0.05, 0.1) is 16.9 Å². The maximum atomic E-state index is 13.6. The van der Waals surface area contributed by atoms with E-state index >= 15 is 0 Å². The first-order chi connectivity index (χ1) is 17.4. The normalized spacial score (nSPS) is 12.2. The van der Waals surface area contributed by atoms with Gasteiger partial charge in [0.1, 0.15) is 0 Å². The highest BCUT2D eigenvalue weighted by Gasteiger charge is 2.33. The van der Waals surface area contributed by atoms with Crippen LogP contribution in [0, 0.1) is 5.92 Å². The Balaban J connectivity index is 1.59. The van der Waals surface area contributed by atoms with E-state index in [-0.39, 0.29) is 28.6 Å². The minimum atomic E-state index is -0.363. The molecule has 0 spiro atoms. The molecule has 0 unspecified atom stereocenters. The van der Waals surface area contributed by atoms with E-state index in [9.17, 15) is 14.4 Å². The van der Waals surface area contributed by atoms with Crippen molar-refractivity contribution in [2.75, 3.05) is 10.6 Å². The molecule has 0 aliphatic heterocycles. The molecule has 4 aromatic carbocycles. The largest absolute Gasteiger partial charge is 0.354 e. The zero-order valence-electron chi connectivity index (χ0n) is 20.2. The Bertz CT molecular complexity index is 1470. The highest BCUT2D eigenvalue weighted by Crippen LogP contribution is 2.38. The molecule has 178 valence electrons. The first-order valence-corrected chi connectivity index (χ1v) is 12.0. The van der Waals surface area contributed by atoms with E-state index in [0.717, 1.165) is 12.1 Å². The molecule has 1 aliphatic rings. The number of hydrogen-bond acceptors (Lipinski definition) is 4. The third-order valence-corrected chi connectivity index (χ3v) is 6.24. The number of amides is 1. The lowest BCUT2D eigenvalue weighted by Gasteiger charge is -2.23. The Morgan fingerprint density at radius 3 is 2.03 bits per heavy atom. The third-order valence-electron chi connectivity index (χ3n) is 6.24. The van der Waals surface area contributed by atoms with Crippen LogP contribution in [0.1, 0.15) is 61.6 Å². The number of carbonyl (C=O) groups excluding carboxylic acids is 3. The Kier molecular flexibility index (Phi) is 6.21. The SMILES string of the molecule is CC(C)Cc1ccc(Nc2ccc3c(c2NC(=O)c2ccccc2)C(=O)c2ccccc2C3=O)cc1. The van der Waals surface area contributed by atoms with E-state index in [4.69, 9.17) is 0 Å². The Hall–Kier alpha value is -4.51. The lowest BCUT2D eigenvalue weighted by Crippen LogP contribution is -2.24. The minimum absolute atomic E-state index is 0.199. The van der Waals surface area contributed by atoms with Crippen molar-refractivity contribution >= 4 is 34.5 Å². The summed E-state index contributed by atoms with van der Waals surface area (Å²) in [5.74, 6) is -0.339. The fourth-order valence-electron chi connectivity index (χ4n) is 4.55. The molecule has 0 aromatic heterocycles. The van der Waals surface area contributed by atoms with E-state index in [1.807, 2.05) is 18.2 Å². The maximum absolute atomic E-state index is 13.6. The quantitative estimate of drug-likeness (QED) is 0.289. The van der Waals surface area contributed by atoms with Crippen molar-refractivity contribution in [2.45, 2.75) is 20.3 Å². The van der Waals surface area contributed by atoms with Gasteiger partial charge in [-0.05, 0) is 54.3 Å². The molecule has 0 atom stereocenters. The van der Waals surface area contributed by atoms with E-state index in [2.05, 4.69) is 36.6 Å². The lowest BCUT2D eigenvalue weighted by molar-refractivity contribution is 0.0978. The van der Waals surface area contributed by atoms with Gasteiger partial charge >= 0.3 is 0 Å². The van der Waals surface area contributed by atoms with Crippen LogP contribution >= 0.6 is 0 Å². The summed E-state index contributed by atoms with van der Waals surface area (Å²) in [5.41, 5.74) is 4.51. The van der Waals surface area contributed by atoms with Crippen molar-refractivity contribution in [3.05, 3.63) is 124 Å². The molecular weight excluding hydrogens is 448 g/mol. The molecule has 5 nitrogen and oxygen atoms in total. The van der Waals surface area contributed by atoms with Crippen LogP contribution in [-0.4, -0.2) is 17.5 Å². The molecule has 36 heavy (non-hydrogen) atoms. The summed E-state index contributed by atoms with van der Waals surface area (Å²) in [6.45, 7) is 4.36. The third kappa shape index (κ3) is 4.43. The van der Waals surface area contributed by atoms with Crippen molar-refractivity contribution < 1.29 is 14.4 Å². The molecular formula is C31H26N2O3. The monoisotopic (exact) mass is 474 g/mol. The number of rotatable bonds is 6. The van der Waals surface area contributed by atoms with Crippen LogP contribution in [0.3, 0.4) is 0 Å². The number of fused-ring (bicyclic) bond motifs is 2. The highest BCUT2D eigenvalue weighted by molar-refractivity contribution is 6.31. The predicted molar refractivity (Wildman–Crippen MR) is 142 cm³/mol. The molecule has 5 heteroatoms. The second-order valence-corrected chi connectivity index (χ2v) is 9.35. The molecule has 5 rings (SSSR count). The molecule has 0 saturated heterocycles. The molecule has 0 heterocycles. The van der Waals surface area contributed by atoms with Crippen LogP contribution in [0.25, 0.3) is 0 Å². The van der Waals surface area contributed by atoms with Crippen molar-refractivity contribution in [2.24, 2.45) is 5.92 Å².